The SMILES string of the molecule is Cc1ccc(-c2nn([C@@H]3O[C@H](CO)[C@H](O)[C@H]3O)c(=S)n2-c2ccccc2)cc1. The molecule has 3 N–H and O–H groups in total. The summed E-state index contributed by atoms with van der Waals surface area (Å²) in [6, 6.07) is 17.4. The van der Waals surface area contributed by atoms with E-state index in [4.69, 9.17) is 17.0 Å². The van der Waals surface area contributed by atoms with Crippen molar-refractivity contribution in [3.63, 3.8) is 0 Å². The minimum atomic E-state index is -1.26. The Bertz CT molecular complexity index is 1020. The van der Waals surface area contributed by atoms with Crippen LogP contribution < -0.4 is 0 Å². The molecule has 1 aromatic heterocycles. The molecule has 3 aromatic rings. The molecule has 0 spiro atoms. The summed E-state index contributed by atoms with van der Waals surface area (Å²) < 4.78 is 9.14. The lowest BCUT2D eigenvalue weighted by Gasteiger charge is -2.14. The molecule has 0 unspecified atom stereocenters. The van der Waals surface area contributed by atoms with E-state index in [0.717, 1.165) is 16.8 Å². The number of aliphatic hydroxyl groups excluding tert-OH is 3. The average Bonchev–Trinajstić information content (AvgIpc) is 3.20. The second kappa shape index (κ2) is 7.57. The van der Waals surface area contributed by atoms with E-state index in [2.05, 4.69) is 5.10 Å². The maximum absolute atomic E-state index is 10.4. The van der Waals surface area contributed by atoms with E-state index in [1.807, 2.05) is 61.5 Å². The molecule has 0 amide bonds. The molecular weight excluding hydrogens is 378 g/mol. The first-order chi connectivity index (χ1) is 13.5. The third-order valence-corrected chi connectivity index (χ3v) is 5.25. The smallest absolute Gasteiger partial charge is 0.205 e. The van der Waals surface area contributed by atoms with Crippen molar-refractivity contribution in [2.75, 3.05) is 6.61 Å². The molecule has 0 saturated carbocycles. The lowest BCUT2D eigenvalue weighted by Crippen LogP contribution is -2.33. The number of aromatic nitrogens is 3. The highest BCUT2D eigenvalue weighted by atomic mass is 32.1. The van der Waals surface area contributed by atoms with Crippen LogP contribution in [-0.4, -0.2) is 54.6 Å². The maximum Gasteiger partial charge on any atom is 0.205 e. The summed E-state index contributed by atoms with van der Waals surface area (Å²) in [5, 5.41) is 34.5. The highest BCUT2D eigenvalue weighted by Gasteiger charge is 2.44. The molecule has 4 atom stereocenters. The second-order valence-corrected chi connectivity index (χ2v) is 7.18. The number of hydrogen-bond acceptors (Lipinski definition) is 6. The molecule has 1 aliphatic rings. The Kier molecular flexibility index (Phi) is 5.13. The van der Waals surface area contributed by atoms with Gasteiger partial charge in [-0.2, -0.15) is 0 Å². The monoisotopic (exact) mass is 399 g/mol. The van der Waals surface area contributed by atoms with Gasteiger partial charge in [-0.3, -0.25) is 4.57 Å². The summed E-state index contributed by atoms with van der Waals surface area (Å²) in [4.78, 5) is 0. The molecule has 2 heterocycles. The van der Waals surface area contributed by atoms with Crippen molar-refractivity contribution < 1.29 is 20.1 Å². The topological polar surface area (TPSA) is 92.7 Å². The summed E-state index contributed by atoms with van der Waals surface area (Å²) in [6.45, 7) is 1.59. The predicted molar refractivity (Wildman–Crippen MR) is 106 cm³/mol. The van der Waals surface area contributed by atoms with Crippen LogP contribution >= 0.6 is 12.2 Å². The van der Waals surface area contributed by atoms with E-state index in [0.29, 0.717) is 10.6 Å². The highest BCUT2D eigenvalue weighted by molar-refractivity contribution is 7.71. The molecule has 146 valence electrons. The Balaban J connectivity index is 1.88. The molecule has 8 heteroatoms. The van der Waals surface area contributed by atoms with Crippen molar-refractivity contribution in [2.45, 2.75) is 31.5 Å². The van der Waals surface area contributed by atoms with Crippen molar-refractivity contribution in [3.05, 3.63) is 64.9 Å². The van der Waals surface area contributed by atoms with E-state index in [1.165, 1.54) is 4.68 Å². The Hall–Kier alpha value is -2.36. The largest absolute Gasteiger partial charge is 0.394 e. The van der Waals surface area contributed by atoms with Crippen LogP contribution in [0.5, 0.6) is 0 Å². The van der Waals surface area contributed by atoms with E-state index in [-0.39, 0.29) is 0 Å². The summed E-state index contributed by atoms with van der Waals surface area (Å²) in [7, 11) is 0. The van der Waals surface area contributed by atoms with Gasteiger partial charge in [0.05, 0.1) is 6.61 Å². The van der Waals surface area contributed by atoms with Gasteiger partial charge < -0.3 is 20.1 Å². The average molecular weight is 399 g/mol. The highest BCUT2D eigenvalue weighted by Crippen LogP contribution is 2.32. The van der Waals surface area contributed by atoms with Gasteiger partial charge in [0.1, 0.15) is 18.3 Å². The molecule has 0 bridgehead atoms. The van der Waals surface area contributed by atoms with Crippen LogP contribution in [0.4, 0.5) is 0 Å². The van der Waals surface area contributed by atoms with Gasteiger partial charge in [-0.15, -0.1) is 5.10 Å². The Morgan fingerprint density at radius 3 is 2.32 bits per heavy atom. The lowest BCUT2D eigenvalue weighted by molar-refractivity contribution is -0.0594. The van der Waals surface area contributed by atoms with Crippen molar-refractivity contribution in [2.24, 2.45) is 0 Å². The molecule has 7 nitrogen and oxygen atoms in total. The van der Waals surface area contributed by atoms with Gasteiger partial charge in [0.25, 0.3) is 0 Å². The first-order valence-corrected chi connectivity index (χ1v) is 9.38. The van der Waals surface area contributed by atoms with Crippen molar-refractivity contribution in [1.82, 2.24) is 14.3 Å². The van der Waals surface area contributed by atoms with Crippen LogP contribution in [-0.2, 0) is 4.74 Å². The number of rotatable bonds is 4. The molecule has 1 saturated heterocycles. The minimum absolute atomic E-state index is 0.316. The zero-order valence-electron chi connectivity index (χ0n) is 15.2. The van der Waals surface area contributed by atoms with Crippen molar-refractivity contribution in [1.29, 1.82) is 0 Å². The summed E-state index contributed by atoms with van der Waals surface area (Å²) in [5.74, 6) is 0.592. The summed E-state index contributed by atoms with van der Waals surface area (Å²) in [6.07, 6.45) is -4.36. The van der Waals surface area contributed by atoms with Gasteiger partial charge in [0.2, 0.25) is 4.77 Å². The first kappa shape index (κ1) is 19.0. The molecule has 1 aliphatic heterocycles. The number of ether oxygens (including phenoxy) is 1. The van der Waals surface area contributed by atoms with Crippen LogP contribution in [0.1, 0.15) is 11.8 Å². The maximum atomic E-state index is 10.4. The van der Waals surface area contributed by atoms with Crippen LogP contribution in [0.2, 0.25) is 0 Å². The van der Waals surface area contributed by atoms with Gasteiger partial charge >= 0.3 is 0 Å². The standard InChI is InChI=1S/C20H21N3O4S/c1-12-7-9-13(10-8-12)18-21-23(19-17(26)16(25)15(11-24)27-19)20(28)22(18)14-5-3-2-4-6-14/h2-10,15-17,19,24-26H,11H2,1H3/t15-,16+,17-,19-/m1/s1. The Morgan fingerprint density at radius 2 is 1.71 bits per heavy atom. The van der Waals surface area contributed by atoms with Gasteiger partial charge in [-0.1, -0.05) is 48.0 Å². The van der Waals surface area contributed by atoms with Gasteiger partial charge in [-0.05, 0) is 31.3 Å². The van der Waals surface area contributed by atoms with E-state index in [1.54, 1.807) is 4.57 Å². The van der Waals surface area contributed by atoms with E-state index in [9.17, 15) is 15.3 Å². The molecule has 0 radical (unpaired) electrons. The normalized spacial score (nSPS) is 24.6. The molecular formula is C20H21N3O4S. The van der Waals surface area contributed by atoms with E-state index < -0.39 is 31.1 Å². The molecule has 4 rings (SSSR count). The van der Waals surface area contributed by atoms with Crippen molar-refractivity contribution in [3.8, 4) is 17.1 Å². The summed E-state index contributed by atoms with van der Waals surface area (Å²) >= 11 is 5.65. The molecule has 2 aromatic carbocycles. The quantitative estimate of drug-likeness (QED) is 0.581. The number of para-hydroxylation sites is 1. The fourth-order valence-corrected chi connectivity index (χ4v) is 3.67. The molecule has 28 heavy (non-hydrogen) atoms. The van der Waals surface area contributed by atoms with E-state index >= 15 is 0 Å². The third kappa shape index (κ3) is 3.19. The number of nitrogens with zero attached hydrogens (tertiary/aromatic N) is 3. The van der Waals surface area contributed by atoms with Crippen molar-refractivity contribution >= 4 is 12.2 Å². The second-order valence-electron chi connectivity index (χ2n) is 6.82. The molecule has 1 fully saturated rings. The van der Waals surface area contributed by atoms with Crippen LogP contribution in [0, 0.1) is 11.7 Å². The van der Waals surface area contributed by atoms with Crippen LogP contribution in [0.15, 0.2) is 54.6 Å². The van der Waals surface area contributed by atoms with Crippen LogP contribution in [0.3, 0.4) is 0 Å². The first-order valence-electron chi connectivity index (χ1n) is 8.97. The third-order valence-electron chi connectivity index (χ3n) is 4.88. The van der Waals surface area contributed by atoms with Crippen LogP contribution in [0.25, 0.3) is 17.1 Å². The fraction of sp³-hybridized carbons (Fsp3) is 0.300. The van der Waals surface area contributed by atoms with Gasteiger partial charge in [0, 0.05) is 11.3 Å². The lowest BCUT2D eigenvalue weighted by atomic mass is 10.1. The zero-order valence-corrected chi connectivity index (χ0v) is 16.0. The number of aliphatic hydroxyl groups is 3. The number of aryl methyl sites for hydroxylation is 1. The Morgan fingerprint density at radius 1 is 1.04 bits per heavy atom. The van der Waals surface area contributed by atoms with Gasteiger partial charge in [0.15, 0.2) is 12.1 Å². The number of benzene rings is 2. The minimum Gasteiger partial charge on any atom is -0.394 e. The molecule has 0 aliphatic carbocycles. The zero-order chi connectivity index (χ0) is 19.8. The fourth-order valence-electron chi connectivity index (χ4n) is 3.33. The number of hydrogen-bond donors (Lipinski definition) is 3. The van der Waals surface area contributed by atoms with Gasteiger partial charge in [-0.25, -0.2) is 4.68 Å². The predicted octanol–water partition coefficient (Wildman–Crippen LogP) is 1.99. The summed E-state index contributed by atoms with van der Waals surface area (Å²) in [5.41, 5.74) is 2.80. The Labute approximate surface area is 167 Å².